The summed E-state index contributed by atoms with van der Waals surface area (Å²) in [7, 11) is 0. The number of nitrogens with two attached hydrogens (primary N) is 1. The van der Waals surface area contributed by atoms with Crippen molar-refractivity contribution in [3.8, 4) is 0 Å². The van der Waals surface area contributed by atoms with E-state index in [4.69, 9.17) is 17.3 Å². The fraction of sp³-hybridized carbons (Fsp3) is 0.188. The maximum absolute atomic E-state index is 13.9. The van der Waals surface area contributed by atoms with Crippen LogP contribution in [0, 0.1) is 5.82 Å². The zero-order valence-corrected chi connectivity index (χ0v) is 13.5. The van der Waals surface area contributed by atoms with Crippen molar-refractivity contribution < 1.29 is 19.1 Å². The van der Waals surface area contributed by atoms with E-state index < -0.39 is 28.8 Å². The number of carbonyl (C=O) groups is 2. The Hall–Kier alpha value is -2.87. The van der Waals surface area contributed by atoms with Crippen LogP contribution in [0.2, 0.25) is 5.02 Å². The molecule has 1 aliphatic carbocycles. The van der Waals surface area contributed by atoms with Gasteiger partial charge in [0, 0.05) is 17.8 Å². The topological polar surface area (TPSA) is 114 Å². The van der Waals surface area contributed by atoms with E-state index in [-0.39, 0.29) is 34.8 Å². The Morgan fingerprint density at radius 1 is 1.32 bits per heavy atom. The average molecular weight is 366 g/mol. The summed E-state index contributed by atoms with van der Waals surface area (Å²) in [5, 5.41) is 11.7. The number of pyridine rings is 1. The van der Waals surface area contributed by atoms with Gasteiger partial charge < -0.3 is 16.2 Å². The first kappa shape index (κ1) is 17.0. The Morgan fingerprint density at radius 2 is 2.00 bits per heavy atom. The predicted molar refractivity (Wildman–Crippen MR) is 89.3 cm³/mol. The molecule has 0 bridgehead atoms. The number of carboxylic acids is 1. The summed E-state index contributed by atoms with van der Waals surface area (Å²) in [5.74, 6) is -2.75. The summed E-state index contributed by atoms with van der Waals surface area (Å²) in [6, 6.07) is 4.97. The molecule has 25 heavy (non-hydrogen) atoms. The predicted octanol–water partition coefficient (Wildman–Crippen LogP) is 2.05. The van der Waals surface area contributed by atoms with E-state index in [0.717, 1.165) is 16.8 Å². The Kier molecular flexibility index (Phi) is 4.00. The first-order chi connectivity index (χ1) is 11.7. The molecule has 7 nitrogen and oxygen atoms in total. The second-order valence-corrected chi connectivity index (χ2v) is 6.18. The van der Waals surface area contributed by atoms with Crippen molar-refractivity contribution in [1.82, 2.24) is 4.57 Å². The summed E-state index contributed by atoms with van der Waals surface area (Å²) in [5.41, 5.74) is 3.36. The van der Waals surface area contributed by atoms with E-state index in [1.807, 2.05) is 0 Å². The molecule has 1 amide bonds. The van der Waals surface area contributed by atoms with Gasteiger partial charge in [-0.15, -0.1) is 0 Å². The molecule has 1 heterocycles. The molecule has 1 aliphatic rings. The molecule has 1 aromatic carbocycles. The lowest BCUT2D eigenvalue weighted by molar-refractivity contribution is -0.142. The summed E-state index contributed by atoms with van der Waals surface area (Å²) in [4.78, 5) is 36.1. The van der Waals surface area contributed by atoms with Crippen LogP contribution < -0.4 is 16.6 Å². The number of nitrogens with zero attached hydrogens (tertiary/aromatic N) is 1. The van der Waals surface area contributed by atoms with Gasteiger partial charge in [-0.3, -0.25) is 14.2 Å². The lowest BCUT2D eigenvalue weighted by Gasteiger charge is -2.16. The number of rotatable bonds is 4. The van der Waals surface area contributed by atoms with Crippen LogP contribution in [-0.2, 0) is 10.3 Å². The van der Waals surface area contributed by atoms with Crippen LogP contribution in [0.1, 0.15) is 23.2 Å². The third-order valence-electron chi connectivity index (χ3n) is 4.08. The Morgan fingerprint density at radius 3 is 2.56 bits per heavy atom. The molecule has 9 heteroatoms. The van der Waals surface area contributed by atoms with Gasteiger partial charge in [-0.2, -0.15) is 0 Å². The van der Waals surface area contributed by atoms with Crippen molar-refractivity contribution in [3.63, 3.8) is 0 Å². The van der Waals surface area contributed by atoms with Gasteiger partial charge in [0.25, 0.3) is 11.5 Å². The van der Waals surface area contributed by atoms with Gasteiger partial charge in [0.1, 0.15) is 17.0 Å². The fourth-order valence-electron chi connectivity index (χ4n) is 2.50. The number of hydrogen-bond acceptors (Lipinski definition) is 4. The molecule has 0 unspecified atom stereocenters. The lowest BCUT2D eigenvalue weighted by Crippen LogP contribution is -2.38. The molecule has 1 fully saturated rings. The van der Waals surface area contributed by atoms with E-state index in [9.17, 15) is 23.9 Å². The number of aromatic nitrogens is 1. The number of halogens is 2. The minimum atomic E-state index is -1.46. The van der Waals surface area contributed by atoms with Crippen LogP contribution in [0.25, 0.3) is 0 Å². The molecule has 0 aliphatic heterocycles. The van der Waals surface area contributed by atoms with Crippen molar-refractivity contribution >= 4 is 34.9 Å². The maximum atomic E-state index is 13.9. The van der Waals surface area contributed by atoms with Gasteiger partial charge in [-0.25, -0.2) is 9.18 Å². The van der Waals surface area contributed by atoms with Crippen LogP contribution in [0.15, 0.2) is 35.3 Å². The van der Waals surface area contributed by atoms with Crippen LogP contribution in [-0.4, -0.2) is 21.6 Å². The van der Waals surface area contributed by atoms with Gasteiger partial charge >= 0.3 is 5.97 Å². The first-order valence-corrected chi connectivity index (χ1v) is 7.65. The quantitative estimate of drug-likeness (QED) is 0.717. The van der Waals surface area contributed by atoms with Gasteiger partial charge in [0.15, 0.2) is 0 Å². The smallest absolute Gasteiger partial charge is 0.330 e. The molecule has 3 rings (SSSR count). The standard InChI is InChI=1S/C16H13ClFN3O4/c17-10-5-8(1-2-11(10)19)13(22)20-12-6-9(18)7-21(14(12)23)16(3-4-16)15(24)25/h1-2,5-7H,3-4,19H2,(H,20,22)(H,24,25). The van der Waals surface area contributed by atoms with E-state index in [1.165, 1.54) is 18.2 Å². The molecule has 4 N–H and O–H groups in total. The summed E-state index contributed by atoms with van der Waals surface area (Å²) < 4.78 is 14.7. The number of carboxylic acid groups (broad SMARTS) is 1. The highest BCUT2D eigenvalue weighted by Crippen LogP contribution is 2.43. The molecule has 0 radical (unpaired) electrons. The minimum Gasteiger partial charge on any atom is -0.479 e. The third kappa shape index (κ3) is 2.96. The second kappa shape index (κ2) is 5.89. The molecule has 0 spiro atoms. The number of benzene rings is 1. The largest absolute Gasteiger partial charge is 0.479 e. The van der Waals surface area contributed by atoms with Gasteiger partial charge in [0.05, 0.1) is 10.7 Å². The number of hydrogen-bond donors (Lipinski definition) is 3. The van der Waals surface area contributed by atoms with Crippen LogP contribution >= 0.6 is 11.6 Å². The number of anilines is 2. The van der Waals surface area contributed by atoms with Gasteiger partial charge in [0.2, 0.25) is 0 Å². The number of nitrogens with one attached hydrogen (secondary N) is 1. The minimum absolute atomic E-state index is 0.119. The third-order valence-corrected chi connectivity index (χ3v) is 4.40. The van der Waals surface area contributed by atoms with Crippen molar-refractivity contribution in [2.24, 2.45) is 0 Å². The zero-order valence-electron chi connectivity index (χ0n) is 12.8. The van der Waals surface area contributed by atoms with Crippen molar-refractivity contribution in [2.75, 3.05) is 11.1 Å². The Labute approximate surface area is 145 Å². The van der Waals surface area contributed by atoms with E-state index >= 15 is 0 Å². The Bertz CT molecular complexity index is 953. The highest BCUT2D eigenvalue weighted by atomic mass is 35.5. The van der Waals surface area contributed by atoms with Gasteiger partial charge in [-0.05, 0) is 31.0 Å². The fourth-order valence-corrected chi connectivity index (χ4v) is 2.68. The molecular weight excluding hydrogens is 353 g/mol. The maximum Gasteiger partial charge on any atom is 0.330 e. The normalized spacial score (nSPS) is 14.8. The van der Waals surface area contributed by atoms with Crippen molar-refractivity contribution in [1.29, 1.82) is 0 Å². The molecular formula is C16H13ClFN3O4. The highest BCUT2D eigenvalue weighted by Gasteiger charge is 2.53. The van der Waals surface area contributed by atoms with E-state index in [0.29, 0.717) is 0 Å². The van der Waals surface area contributed by atoms with Crippen molar-refractivity contribution in [2.45, 2.75) is 18.4 Å². The second-order valence-electron chi connectivity index (χ2n) is 5.77. The van der Waals surface area contributed by atoms with E-state index in [1.54, 1.807) is 0 Å². The number of carbonyl (C=O) groups excluding carboxylic acids is 1. The Balaban J connectivity index is 1.97. The van der Waals surface area contributed by atoms with E-state index in [2.05, 4.69) is 5.32 Å². The number of nitrogen functional groups attached to an aromatic ring is 1. The molecule has 0 atom stereocenters. The van der Waals surface area contributed by atoms with Crippen LogP contribution in [0.3, 0.4) is 0 Å². The molecule has 2 aromatic rings. The summed E-state index contributed by atoms with van der Waals surface area (Å²) in [6.07, 6.45) is 1.26. The monoisotopic (exact) mass is 365 g/mol. The van der Waals surface area contributed by atoms with Crippen LogP contribution in [0.4, 0.5) is 15.8 Å². The number of amides is 1. The average Bonchev–Trinajstić information content (AvgIpc) is 3.35. The highest BCUT2D eigenvalue weighted by molar-refractivity contribution is 6.33. The summed E-state index contributed by atoms with van der Waals surface area (Å²) >= 11 is 5.85. The first-order valence-electron chi connectivity index (χ1n) is 7.27. The molecule has 0 saturated heterocycles. The van der Waals surface area contributed by atoms with Gasteiger partial charge in [-0.1, -0.05) is 11.6 Å². The summed E-state index contributed by atoms with van der Waals surface area (Å²) in [6.45, 7) is 0. The zero-order chi connectivity index (χ0) is 18.4. The SMILES string of the molecule is Nc1ccc(C(=O)Nc2cc(F)cn(C3(C(=O)O)CC3)c2=O)cc1Cl. The lowest BCUT2D eigenvalue weighted by atomic mass is 10.2. The van der Waals surface area contributed by atoms with Crippen molar-refractivity contribution in [3.05, 3.63) is 57.2 Å². The van der Waals surface area contributed by atoms with Crippen LogP contribution in [0.5, 0.6) is 0 Å². The molecule has 1 saturated carbocycles. The number of aliphatic carboxylic acids is 1. The molecule has 1 aromatic heterocycles. The molecule has 130 valence electrons.